The number of rotatable bonds is 2. The largest absolute Gasteiger partial charge is 0.372 e. The van der Waals surface area contributed by atoms with E-state index in [4.69, 9.17) is 11.7 Å². The zero-order valence-electron chi connectivity index (χ0n) is 6.41. The molecule has 1 aromatic rings. The van der Waals surface area contributed by atoms with Crippen molar-refractivity contribution in [2.45, 2.75) is 0 Å². The van der Waals surface area contributed by atoms with Crippen LogP contribution >= 0.6 is 0 Å². The van der Waals surface area contributed by atoms with Crippen LogP contribution in [0, 0.1) is 23.7 Å². The quantitative estimate of drug-likeness (QED) is 0.651. The van der Waals surface area contributed by atoms with Crippen LogP contribution in [0.5, 0.6) is 0 Å². The topological polar surface area (TPSA) is 48.7 Å². The van der Waals surface area contributed by atoms with Gasteiger partial charge < -0.3 is 5.32 Å². The molecule has 0 atom stereocenters. The summed E-state index contributed by atoms with van der Waals surface area (Å²) in [4.78, 5) is 3.86. The van der Waals surface area contributed by atoms with E-state index in [9.17, 15) is 0 Å². The first-order chi connectivity index (χ1) is 5.88. The van der Waals surface area contributed by atoms with Crippen molar-refractivity contribution in [1.82, 2.24) is 4.98 Å². The van der Waals surface area contributed by atoms with E-state index in [1.807, 2.05) is 6.07 Å². The molecule has 0 amide bonds. The molecule has 1 heterocycles. The third-order valence-electron chi connectivity index (χ3n) is 1.29. The van der Waals surface area contributed by atoms with Crippen LogP contribution in [0.1, 0.15) is 5.69 Å². The molecule has 58 valence electrons. The molecule has 0 radical (unpaired) electrons. The van der Waals surface area contributed by atoms with E-state index in [-0.39, 0.29) is 0 Å². The minimum absolute atomic E-state index is 0.368. The maximum absolute atomic E-state index is 8.61. The maximum Gasteiger partial charge on any atom is 0.163 e. The standard InChI is InChI=1S/C9H7N3/c1-2-5-11-8-4-3-6-12-9(8)7-10/h1,3-4,6,11H,5H2. The zero-order valence-corrected chi connectivity index (χ0v) is 6.41. The highest BCUT2D eigenvalue weighted by Gasteiger charge is 1.98. The summed E-state index contributed by atoms with van der Waals surface area (Å²) in [6.07, 6.45) is 6.62. The molecule has 3 nitrogen and oxygen atoms in total. The van der Waals surface area contributed by atoms with Gasteiger partial charge in [-0.1, -0.05) is 5.92 Å². The van der Waals surface area contributed by atoms with Gasteiger partial charge in [0.05, 0.1) is 12.2 Å². The number of hydrogen-bond acceptors (Lipinski definition) is 3. The summed E-state index contributed by atoms with van der Waals surface area (Å²) in [7, 11) is 0. The predicted octanol–water partition coefficient (Wildman–Crippen LogP) is 0.998. The van der Waals surface area contributed by atoms with Gasteiger partial charge in [-0.3, -0.25) is 0 Å². The molecule has 1 rings (SSSR count). The summed E-state index contributed by atoms with van der Waals surface area (Å²) >= 11 is 0. The Balaban J connectivity index is 2.86. The lowest BCUT2D eigenvalue weighted by atomic mass is 10.3. The van der Waals surface area contributed by atoms with Crippen LogP contribution in [-0.2, 0) is 0 Å². The summed E-state index contributed by atoms with van der Waals surface area (Å²) in [6.45, 7) is 0.403. The van der Waals surface area contributed by atoms with E-state index in [1.165, 1.54) is 0 Å². The Kier molecular flexibility index (Phi) is 2.70. The molecule has 0 aromatic carbocycles. The van der Waals surface area contributed by atoms with Crippen molar-refractivity contribution in [3.05, 3.63) is 24.0 Å². The molecular weight excluding hydrogens is 150 g/mol. The van der Waals surface area contributed by atoms with Gasteiger partial charge in [-0.15, -0.1) is 6.42 Å². The van der Waals surface area contributed by atoms with Gasteiger partial charge in [0.1, 0.15) is 6.07 Å². The second kappa shape index (κ2) is 4.00. The molecule has 3 heteroatoms. The number of terminal acetylenes is 1. The second-order valence-electron chi connectivity index (χ2n) is 2.07. The van der Waals surface area contributed by atoms with E-state index >= 15 is 0 Å². The fourth-order valence-electron chi connectivity index (χ4n) is 0.783. The van der Waals surface area contributed by atoms with E-state index < -0.39 is 0 Å². The van der Waals surface area contributed by atoms with E-state index in [1.54, 1.807) is 18.3 Å². The van der Waals surface area contributed by atoms with Gasteiger partial charge in [-0.2, -0.15) is 5.26 Å². The molecule has 0 fully saturated rings. The van der Waals surface area contributed by atoms with Crippen molar-refractivity contribution in [3.8, 4) is 18.4 Å². The average Bonchev–Trinajstić information content (AvgIpc) is 2.15. The Morgan fingerprint density at radius 2 is 2.50 bits per heavy atom. The van der Waals surface area contributed by atoms with E-state index in [0.29, 0.717) is 17.9 Å². The van der Waals surface area contributed by atoms with Crippen molar-refractivity contribution in [2.24, 2.45) is 0 Å². The SMILES string of the molecule is C#CCNc1cccnc1C#N. The first kappa shape index (κ1) is 8.10. The Labute approximate surface area is 71.1 Å². The molecule has 0 bridgehead atoms. The van der Waals surface area contributed by atoms with Gasteiger partial charge in [-0.25, -0.2) is 4.98 Å². The fraction of sp³-hybridized carbons (Fsp3) is 0.111. The van der Waals surface area contributed by atoms with Crippen molar-refractivity contribution < 1.29 is 0 Å². The lowest BCUT2D eigenvalue weighted by Crippen LogP contribution is -2.01. The minimum atomic E-state index is 0.368. The maximum atomic E-state index is 8.61. The first-order valence-electron chi connectivity index (χ1n) is 3.41. The number of nitrogens with zero attached hydrogens (tertiary/aromatic N) is 2. The van der Waals surface area contributed by atoms with Crippen LogP contribution in [0.15, 0.2) is 18.3 Å². The van der Waals surface area contributed by atoms with Crippen LogP contribution in [-0.4, -0.2) is 11.5 Å². The molecule has 0 aliphatic carbocycles. The van der Waals surface area contributed by atoms with Gasteiger partial charge in [0.25, 0.3) is 0 Å². The van der Waals surface area contributed by atoms with Crippen molar-refractivity contribution in [2.75, 3.05) is 11.9 Å². The van der Waals surface area contributed by atoms with Crippen molar-refractivity contribution in [3.63, 3.8) is 0 Å². The Morgan fingerprint density at radius 3 is 3.17 bits per heavy atom. The predicted molar refractivity (Wildman–Crippen MR) is 46.3 cm³/mol. The number of anilines is 1. The molecule has 0 aliphatic heterocycles. The first-order valence-corrected chi connectivity index (χ1v) is 3.41. The molecule has 1 aromatic heterocycles. The lowest BCUT2D eigenvalue weighted by Gasteiger charge is -2.01. The highest BCUT2D eigenvalue weighted by Crippen LogP contribution is 2.09. The second-order valence-corrected chi connectivity index (χ2v) is 2.07. The van der Waals surface area contributed by atoms with Crippen molar-refractivity contribution >= 4 is 5.69 Å². The average molecular weight is 157 g/mol. The Morgan fingerprint density at radius 1 is 1.67 bits per heavy atom. The number of aromatic nitrogens is 1. The van der Waals surface area contributed by atoms with Gasteiger partial charge >= 0.3 is 0 Å². The summed E-state index contributed by atoms with van der Waals surface area (Å²) in [6, 6.07) is 5.48. The number of pyridine rings is 1. The third-order valence-corrected chi connectivity index (χ3v) is 1.29. The smallest absolute Gasteiger partial charge is 0.163 e. The number of nitrogens with one attached hydrogen (secondary N) is 1. The van der Waals surface area contributed by atoms with E-state index in [2.05, 4.69) is 16.2 Å². The highest BCUT2D eigenvalue weighted by atomic mass is 14.9. The molecule has 0 unspecified atom stereocenters. The molecule has 1 N–H and O–H groups in total. The molecule has 0 saturated carbocycles. The number of hydrogen-bond donors (Lipinski definition) is 1. The molecule has 12 heavy (non-hydrogen) atoms. The molecule has 0 aliphatic rings. The summed E-state index contributed by atoms with van der Waals surface area (Å²) in [5.41, 5.74) is 1.05. The van der Waals surface area contributed by atoms with Gasteiger partial charge in [0.15, 0.2) is 5.69 Å². The van der Waals surface area contributed by atoms with Gasteiger partial charge in [-0.05, 0) is 12.1 Å². The normalized spacial score (nSPS) is 8.17. The summed E-state index contributed by atoms with van der Waals surface area (Å²) in [5.74, 6) is 2.42. The Hall–Kier alpha value is -2.00. The number of nitriles is 1. The fourth-order valence-corrected chi connectivity index (χ4v) is 0.783. The van der Waals surface area contributed by atoms with Gasteiger partial charge in [0.2, 0.25) is 0 Å². The van der Waals surface area contributed by atoms with Crippen LogP contribution < -0.4 is 5.32 Å². The monoisotopic (exact) mass is 157 g/mol. The molecule has 0 spiro atoms. The third kappa shape index (κ3) is 1.74. The van der Waals surface area contributed by atoms with Crippen LogP contribution in [0.25, 0.3) is 0 Å². The van der Waals surface area contributed by atoms with E-state index in [0.717, 1.165) is 0 Å². The Bertz CT molecular complexity index is 344. The van der Waals surface area contributed by atoms with Crippen LogP contribution in [0.3, 0.4) is 0 Å². The molecule has 0 saturated heterocycles. The highest BCUT2D eigenvalue weighted by molar-refractivity contribution is 5.53. The van der Waals surface area contributed by atoms with Crippen LogP contribution in [0.2, 0.25) is 0 Å². The zero-order chi connectivity index (χ0) is 8.81. The summed E-state index contributed by atoms with van der Waals surface area (Å²) < 4.78 is 0. The van der Waals surface area contributed by atoms with Crippen LogP contribution in [0.4, 0.5) is 5.69 Å². The summed E-state index contributed by atoms with van der Waals surface area (Å²) in [5, 5.41) is 11.5. The minimum Gasteiger partial charge on any atom is -0.372 e. The molecular formula is C9H7N3. The van der Waals surface area contributed by atoms with Gasteiger partial charge in [0, 0.05) is 6.20 Å². The van der Waals surface area contributed by atoms with Crippen molar-refractivity contribution in [1.29, 1.82) is 5.26 Å². The lowest BCUT2D eigenvalue weighted by molar-refractivity contribution is 1.23.